The van der Waals surface area contributed by atoms with E-state index in [2.05, 4.69) is 54.1 Å². The number of aromatic nitrogens is 2. The SMILES string of the molecule is CNC1CC(C)(C)Cc2c1cnn2CCN(C)C. The second kappa shape index (κ2) is 5.02. The standard InChI is InChI=1S/C14H26N4/c1-14(2)8-12(15-3)11-10-16-18(13(11)9-14)7-6-17(4)5/h10,12,15H,6-9H2,1-5H3. The van der Waals surface area contributed by atoms with Crippen LogP contribution in [-0.4, -0.2) is 42.4 Å². The van der Waals surface area contributed by atoms with Crippen molar-refractivity contribution < 1.29 is 0 Å². The van der Waals surface area contributed by atoms with Gasteiger partial charge in [-0.05, 0) is 39.4 Å². The number of rotatable bonds is 4. The molecule has 1 atom stereocenters. The molecule has 18 heavy (non-hydrogen) atoms. The predicted molar refractivity (Wildman–Crippen MR) is 74.7 cm³/mol. The summed E-state index contributed by atoms with van der Waals surface area (Å²) in [6.45, 7) is 6.72. The first-order valence-electron chi connectivity index (χ1n) is 6.79. The predicted octanol–water partition coefficient (Wildman–Crippen LogP) is 1.68. The quantitative estimate of drug-likeness (QED) is 0.882. The summed E-state index contributed by atoms with van der Waals surface area (Å²) in [5.74, 6) is 0. The number of nitrogens with zero attached hydrogens (tertiary/aromatic N) is 3. The summed E-state index contributed by atoms with van der Waals surface area (Å²) < 4.78 is 2.20. The topological polar surface area (TPSA) is 33.1 Å². The zero-order chi connectivity index (χ0) is 13.3. The fraction of sp³-hybridized carbons (Fsp3) is 0.786. The average molecular weight is 250 g/mol. The molecule has 0 radical (unpaired) electrons. The Bertz CT molecular complexity index is 406. The van der Waals surface area contributed by atoms with Crippen LogP contribution in [0.1, 0.15) is 37.6 Å². The molecule has 1 aliphatic rings. The molecule has 0 fully saturated rings. The number of hydrogen-bond acceptors (Lipinski definition) is 3. The maximum Gasteiger partial charge on any atom is 0.0540 e. The third-order valence-electron chi connectivity index (χ3n) is 3.87. The van der Waals surface area contributed by atoms with Crippen molar-refractivity contribution in [3.8, 4) is 0 Å². The molecule has 0 bridgehead atoms. The first-order valence-corrected chi connectivity index (χ1v) is 6.79. The van der Waals surface area contributed by atoms with Gasteiger partial charge in [0.15, 0.2) is 0 Å². The summed E-state index contributed by atoms with van der Waals surface area (Å²) in [5.41, 5.74) is 3.18. The minimum absolute atomic E-state index is 0.358. The summed E-state index contributed by atoms with van der Waals surface area (Å²) in [7, 11) is 6.26. The summed E-state index contributed by atoms with van der Waals surface area (Å²) in [4.78, 5) is 2.21. The second-order valence-electron chi connectivity index (χ2n) is 6.46. The van der Waals surface area contributed by atoms with Gasteiger partial charge in [-0.3, -0.25) is 4.68 Å². The van der Waals surface area contributed by atoms with Crippen molar-refractivity contribution in [3.05, 3.63) is 17.5 Å². The summed E-state index contributed by atoms with van der Waals surface area (Å²) >= 11 is 0. The Morgan fingerprint density at radius 3 is 2.83 bits per heavy atom. The van der Waals surface area contributed by atoms with E-state index in [9.17, 15) is 0 Å². The van der Waals surface area contributed by atoms with Crippen molar-refractivity contribution >= 4 is 0 Å². The molecule has 0 amide bonds. The lowest BCUT2D eigenvalue weighted by Gasteiger charge is -2.35. The van der Waals surface area contributed by atoms with Gasteiger partial charge in [-0.2, -0.15) is 5.10 Å². The fourth-order valence-electron chi connectivity index (χ4n) is 2.84. The van der Waals surface area contributed by atoms with Crippen molar-refractivity contribution in [2.45, 2.75) is 39.3 Å². The zero-order valence-corrected chi connectivity index (χ0v) is 12.3. The highest BCUT2D eigenvalue weighted by Gasteiger charge is 2.34. The Labute approximate surface area is 110 Å². The molecule has 1 aromatic heterocycles. The Balaban J connectivity index is 2.24. The van der Waals surface area contributed by atoms with Crippen LogP contribution in [0.3, 0.4) is 0 Å². The van der Waals surface area contributed by atoms with E-state index < -0.39 is 0 Å². The first-order chi connectivity index (χ1) is 8.43. The lowest BCUT2D eigenvalue weighted by molar-refractivity contribution is 0.254. The van der Waals surface area contributed by atoms with Gasteiger partial charge < -0.3 is 10.2 Å². The van der Waals surface area contributed by atoms with Crippen molar-refractivity contribution in [2.24, 2.45) is 5.41 Å². The largest absolute Gasteiger partial charge is 0.313 e. The summed E-state index contributed by atoms with van der Waals surface area (Å²) in [5, 5.41) is 8.01. The molecule has 0 saturated heterocycles. The van der Waals surface area contributed by atoms with E-state index in [1.54, 1.807) is 0 Å². The Morgan fingerprint density at radius 2 is 2.22 bits per heavy atom. The minimum Gasteiger partial charge on any atom is -0.313 e. The van der Waals surface area contributed by atoms with Gasteiger partial charge >= 0.3 is 0 Å². The molecular weight excluding hydrogens is 224 g/mol. The van der Waals surface area contributed by atoms with E-state index in [0.29, 0.717) is 11.5 Å². The molecule has 0 aromatic carbocycles. The Kier molecular flexibility index (Phi) is 3.78. The van der Waals surface area contributed by atoms with Crippen molar-refractivity contribution in [2.75, 3.05) is 27.7 Å². The highest BCUT2D eigenvalue weighted by molar-refractivity contribution is 5.27. The monoisotopic (exact) mass is 250 g/mol. The molecule has 4 heteroatoms. The van der Waals surface area contributed by atoms with Crippen LogP contribution in [0.15, 0.2) is 6.20 Å². The third kappa shape index (κ3) is 2.75. The highest BCUT2D eigenvalue weighted by atomic mass is 15.3. The maximum atomic E-state index is 4.58. The minimum atomic E-state index is 0.358. The molecular formula is C14H26N4. The van der Waals surface area contributed by atoms with Gasteiger partial charge in [-0.15, -0.1) is 0 Å². The maximum absolute atomic E-state index is 4.58. The number of hydrogen-bond donors (Lipinski definition) is 1. The lowest BCUT2D eigenvalue weighted by atomic mass is 9.74. The molecule has 0 spiro atoms. The van der Waals surface area contributed by atoms with Crippen LogP contribution in [0.25, 0.3) is 0 Å². The van der Waals surface area contributed by atoms with Gasteiger partial charge in [0, 0.05) is 23.8 Å². The van der Waals surface area contributed by atoms with E-state index in [4.69, 9.17) is 0 Å². The lowest BCUT2D eigenvalue weighted by Crippen LogP contribution is -2.32. The van der Waals surface area contributed by atoms with E-state index in [-0.39, 0.29) is 0 Å². The number of fused-ring (bicyclic) bond motifs is 1. The molecule has 1 heterocycles. The van der Waals surface area contributed by atoms with E-state index in [1.807, 2.05) is 7.05 Å². The van der Waals surface area contributed by atoms with Crippen molar-refractivity contribution in [3.63, 3.8) is 0 Å². The van der Waals surface area contributed by atoms with E-state index in [1.165, 1.54) is 17.7 Å². The second-order valence-corrected chi connectivity index (χ2v) is 6.46. The summed E-state index contributed by atoms with van der Waals surface area (Å²) in [6, 6.07) is 0.455. The van der Waals surface area contributed by atoms with Gasteiger partial charge in [-0.1, -0.05) is 13.8 Å². The van der Waals surface area contributed by atoms with E-state index in [0.717, 1.165) is 19.5 Å². The van der Waals surface area contributed by atoms with Gasteiger partial charge in [0.1, 0.15) is 0 Å². The first kappa shape index (κ1) is 13.6. The van der Waals surface area contributed by atoms with Gasteiger partial charge in [0.25, 0.3) is 0 Å². The fourth-order valence-corrected chi connectivity index (χ4v) is 2.84. The molecule has 1 unspecified atom stereocenters. The smallest absolute Gasteiger partial charge is 0.0540 e. The molecule has 0 aliphatic heterocycles. The Hall–Kier alpha value is -0.870. The van der Waals surface area contributed by atoms with Crippen molar-refractivity contribution in [1.82, 2.24) is 20.0 Å². The van der Waals surface area contributed by atoms with Crippen LogP contribution in [0, 0.1) is 5.41 Å². The van der Waals surface area contributed by atoms with Crippen LogP contribution in [0.2, 0.25) is 0 Å². The van der Waals surface area contributed by atoms with E-state index >= 15 is 0 Å². The van der Waals surface area contributed by atoms with Crippen LogP contribution in [0.4, 0.5) is 0 Å². The molecule has 1 aliphatic carbocycles. The number of likely N-dealkylation sites (N-methyl/N-ethyl adjacent to an activating group) is 1. The summed E-state index contributed by atoms with van der Waals surface area (Å²) in [6.07, 6.45) is 4.38. The number of nitrogens with one attached hydrogen (secondary N) is 1. The van der Waals surface area contributed by atoms with Gasteiger partial charge in [-0.25, -0.2) is 0 Å². The van der Waals surface area contributed by atoms with Gasteiger partial charge in [0.2, 0.25) is 0 Å². The van der Waals surface area contributed by atoms with Crippen LogP contribution >= 0.6 is 0 Å². The van der Waals surface area contributed by atoms with Crippen LogP contribution in [-0.2, 0) is 13.0 Å². The average Bonchev–Trinajstić information content (AvgIpc) is 2.66. The van der Waals surface area contributed by atoms with Crippen LogP contribution in [0.5, 0.6) is 0 Å². The normalized spacial score (nSPS) is 22.2. The molecule has 2 rings (SSSR count). The zero-order valence-electron chi connectivity index (χ0n) is 12.3. The van der Waals surface area contributed by atoms with Gasteiger partial charge in [0.05, 0.1) is 12.7 Å². The molecule has 1 N–H and O–H groups in total. The molecule has 102 valence electrons. The highest BCUT2D eigenvalue weighted by Crippen LogP contribution is 2.40. The molecule has 1 aromatic rings. The third-order valence-corrected chi connectivity index (χ3v) is 3.87. The molecule has 4 nitrogen and oxygen atoms in total. The van der Waals surface area contributed by atoms with Crippen molar-refractivity contribution in [1.29, 1.82) is 0 Å². The Morgan fingerprint density at radius 1 is 1.50 bits per heavy atom. The van der Waals surface area contributed by atoms with Crippen LogP contribution < -0.4 is 5.32 Å². The molecule has 0 saturated carbocycles.